The van der Waals surface area contributed by atoms with Gasteiger partial charge in [0.2, 0.25) is 0 Å². The largest absolute Gasteiger partial charge is 0.294 e. The molecule has 1 aromatic carbocycles. The molecule has 0 spiro atoms. The van der Waals surface area contributed by atoms with E-state index >= 15 is 0 Å². The van der Waals surface area contributed by atoms with Gasteiger partial charge in [0, 0.05) is 23.5 Å². The Morgan fingerprint density at radius 3 is 2.47 bits per heavy atom. The van der Waals surface area contributed by atoms with Gasteiger partial charge in [0.05, 0.1) is 4.08 Å². The molecule has 1 heterocycles. The summed E-state index contributed by atoms with van der Waals surface area (Å²) in [4.78, 5) is 12.0. The third kappa shape index (κ3) is 2.79. The molecule has 1 aromatic rings. The second kappa shape index (κ2) is 4.62. The van der Waals surface area contributed by atoms with Crippen LogP contribution in [0.3, 0.4) is 0 Å². The van der Waals surface area contributed by atoms with Gasteiger partial charge in [0.25, 0.3) is 0 Å². The number of Topliss-reactive ketones (excluding diaryl/α,β-unsaturated/α-hetero) is 1. The Labute approximate surface area is 99.0 Å². The molecule has 0 amide bonds. The molecule has 2 rings (SSSR count). The highest BCUT2D eigenvalue weighted by atomic mass is 32.2. The van der Waals surface area contributed by atoms with E-state index in [0.717, 1.165) is 5.56 Å². The van der Waals surface area contributed by atoms with E-state index in [4.69, 9.17) is 0 Å². The number of ketones is 1. The van der Waals surface area contributed by atoms with Crippen LogP contribution in [0.1, 0.15) is 23.7 Å². The van der Waals surface area contributed by atoms with E-state index in [0.29, 0.717) is 6.42 Å². The first-order valence-electron chi connectivity index (χ1n) is 5.06. The maximum absolute atomic E-state index is 12.0. The minimum Gasteiger partial charge on any atom is -0.294 e. The summed E-state index contributed by atoms with van der Waals surface area (Å²) in [6, 6.07) is 9.58. The Kier molecular flexibility index (Phi) is 3.42. The van der Waals surface area contributed by atoms with Crippen molar-refractivity contribution in [2.45, 2.75) is 17.4 Å². The summed E-state index contributed by atoms with van der Waals surface area (Å²) >= 11 is 3.82. The van der Waals surface area contributed by atoms with Gasteiger partial charge in [-0.15, -0.1) is 23.5 Å². The fraction of sp³-hybridized carbons (Fsp3) is 0.417. The van der Waals surface area contributed by atoms with Crippen LogP contribution >= 0.6 is 23.5 Å². The Hall–Kier alpha value is -0.410. The van der Waals surface area contributed by atoms with E-state index in [2.05, 4.69) is 6.92 Å². The molecule has 0 bridgehead atoms. The lowest BCUT2D eigenvalue weighted by Gasteiger charge is -2.20. The SMILES string of the molecule is CC1(CC(=O)c2ccccc2)SCCS1. The zero-order valence-corrected chi connectivity index (χ0v) is 10.4. The zero-order chi connectivity index (χ0) is 10.7. The molecule has 1 aliphatic rings. The summed E-state index contributed by atoms with van der Waals surface area (Å²) in [5, 5.41) is 0. The van der Waals surface area contributed by atoms with Gasteiger partial charge in [-0.25, -0.2) is 0 Å². The Balaban J connectivity index is 2.04. The number of benzene rings is 1. The van der Waals surface area contributed by atoms with Crippen molar-refractivity contribution in [2.24, 2.45) is 0 Å². The van der Waals surface area contributed by atoms with Crippen LogP contribution in [-0.4, -0.2) is 21.4 Å². The number of hydrogen-bond acceptors (Lipinski definition) is 3. The monoisotopic (exact) mass is 238 g/mol. The lowest BCUT2D eigenvalue weighted by molar-refractivity contribution is 0.0981. The van der Waals surface area contributed by atoms with Gasteiger partial charge in [0.15, 0.2) is 5.78 Å². The summed E-state index contributed by atoms with van der Waals surface area (Å²) in [6.45, 7) is 2.18. The second-order valence-corrected chi connectivity index (χ2v) is 7.25. The van der Waals surface area contributed by atoms with E-state index in [-0.39, 0.29) is 9.86 Å². The fourth-order valence-electron chi connectivity index (χ4n) is 1.68. The first-order chi connectivity index (χ1) is 7.20. The predicted molar refractivity (Wildman–Crippen MR) is 68.7 cm³/mol. The number of rotatable bonds is 3. The van der Waals surface area contributed by atoms with Crippen molar-refractivity contribution in [2.75, 3.05) is 11.5 Å². The molecular formula is C12H14OS2. The average Bonchev–Trinajstić information content (AvgIpc) is 2.66. The summed E-state index contributed by atoms with van der Waals surface area (Å²) in [5.41, 5.74) is 0.840. The first-order valence-corrected chi connectivity index (χ1v) is 7.03. The van der Waals surface area contributed by atoms with Crippen molar-refractivity contribution in [3.63, 3.8) is 0 Å². The van der Waals surface area contributed by atoms with Gasteiger partial charge in [-0.1, -0.05) is 30.3 Å². The molecule has 1 aliphatic heterocycles. The molecule has 0 aliphatic carbocycles. The molecule has 0 atom stereocenters. The number of hydrogen-bond donors (Lipinski definition) is 0. The minimum atomic E-state index is 0.104. The Morgan fingerprint density at radius 2 is 1.87 bits per heavy atom. The third-order valence-corrected chi connectivity index (χ3v) is 5.77. The number of carbonyl (C=O) groups is 1. The van der Waals surface area contributed by atoms with Gasteiger partial charge in [-0.05, 0) is 6.92 Å². The van der Waals surface area contributed by atoms with Crippen LogP contribution in [-0.2, 0) is 0 Å². The van der Waals surface area contributed by atoms with Crippen molar-refractivity contribution >= 4 is 29.3 Å². The van der Waals surface area contributed by atoms with Crippen molar-refractivity contribution < 1.29 is 4.79 Å². The van der Waals surface area contributed by atoms with Crippen molar-refractivity contribution in [1.29, 1.82) is 0 Å². The van der Waals surface area contributed by atoms with E-state index in [1.165, 1.54) is 11.5 Å². The molecule has 0 unspecified atom stereocenters. The molecule has 80 valence electrons. The first kappa shape index (κ1) is 11.1. The molecule has 0 saturated carbocycles. The highest BCUT2D eigenvalue weighted by molar-refractivity contribution is 8.21. The molecule has 1 nitrogen and oxygen atoms in total. The van der Waals surface area contributed by atoms with Gasteiger partial charge in [-0.3, -0.25) is 4.79 Å². The van der Waals surface area contributed by atoms with Crippen LogP contribution in [0.4, 0.5) is 0 Å². The highest BCUT2D eigenvalue weighted by Gasteiger charge is 2.32. The lowest BCUT2D eigenvalue weighted by atomic mass is 10.1. The van der Waals surface area contributed by atoms with Crippen LogP contribution in [0.2, 0.25) is 0 Å². The van der Waals surface area contributed by atoms with Crippen LogP contribution in [0.15, 0.2) is 30.3 Å². The fourth-order valence-corrected chi connectivity index (χ4v) is 4.51. The van der Waals surface area contributed by atoms with E-state index in [1.54, 1.807) is 0 Å². The molecule has 1 fully saturated rings. The van der Waals surface area contributed by atoms with Crippen molar-refractivity contribution in [3.05, 3.63) is 35.9 Å². The van der Waals surface area contributed by atoms with Gasteiger partial charge in [-0.2, -0.15) is 0 Å². The standard InChI is InChI=1S/C12H14OS2/c1-12(14-7-8-15-12)9-11(13)10-5-3-2-4-6-10/h2-6H,7-9H2,1H3. The topological polar surface area (TPSA) is 17.1 Å². The summed E-state index contributed by atoms with van der Waals surface area (Å²) in [5.74, 6) is 2.60. The smallest absolute Gasteiger partial charge is 0.165 e. The van der Waals surface area contributed by atoms with Crippen LogP contribution < -0.4 is 0 Å². The minimum absolute atomic E-state index is 0.104. The summed E-state index contributed by atoms with van der Waals surface area (Å²) in [7, 11) is 0. The molecule has 0 N–H and O–H groups in total. The normalized spacial score (nSPS) is 19.0. The quantitative estimate of drug-likeness (QED) is 0.751. The maximum atomic E-state index is 12.0. The average molecular weight is 238 g/mol. The summed E-state index contributed by atoms with van der Waals surface area (Å²) < 4.78 is 0.104. The Morgan fingerprint density at radius 1 is 1.27 bits per heavy atom. The van der Waals surface area contributed by atoms with E-state index in [1.807, 2.05) is 53.9 Å². The van der Waals surface area contributed by atoms with Crippen LogP contribution in [0.5, 0.6) is 0 Å². The van der Waals surface area contributed by atoms with Gasteiger partial charge in [0.1, 0.15) is 0 Å². The molecular weight excluding hydrogens is 224 g/mol. The highest BCUT2D eigenvalue weighted by Crippen LogP contribution is 2.46. The van der Waals surface area contributed by atoms with E-state index in [9.17, 15) is 4.79 Å². The lowest BCUT2D eigenvalue weighted by Crippen LogP contribution is -2.17. The summed E-state index contributed by atoms with van der Waals surface area (Å²) in [6.07, 6.45) is 0.645. The van der Waals surface area contributed by atoms with Gasteiger partial charge >= 0.3 is 0 Å². The molecule has 15 heavy (non-hydrogen) atoms. The maximum Gasteiger partial charge on any atom is 0.165 e. The van der Waals surface area contributed by atoms with Crippen molar-refractivity contribution in [1.82, 2.24) is 0 Å². The van der Waals surface area contributed by atoms with Crippen LogP contribution in [0.25, 0.3) is 0 Å². The van der Waals surface area contributed by atoms with Crippen molar-refractivity contribution in [3.8, 4) is 0 Å². The second-order valence-electron chi connectivity index (χ2n) is 3.80. The molecule has 1 saturated heterocycles. The predicted octanol–water partition coefficient (Wildman–Crippen LogP) is 3.46. The van der Waals surface area contributed by atoms with Crippen LogP contribution in [0, 0.1) is 0 Å². The molecule has 3 heteroatoms. The molecule has 0 aromatic heterocycles. The van der Waals surface area contributed by atoms with E-state index < -0.39 is 0 Å². The Bertz CT molecular complexity index is 342. The number of thioether (sulfide) groups is 2. The number of carbonyl (C=O) groups excluding carboxylic acids is 1. The molecule has 0 radical (unpaired) electrons. The third-order valence-electron chi connectivity index (χ3n) is 2.48. The zero-order valence-electron chi connectivity index (χ0n) is 8.73. The van der Waals surface area contributed by atoms with Gasteiger partial charge < -0.3 is 0 Å².